The highest BCUT2D eigenvalue weighted by atomic mass is 16.7. The number of carboxylic acid groups (broad SMARTS) is 1. The molecule has 0 aromatic heterocycles. The average Bonchev–Trinajstić information content (AvgIpc) is 2.79. The van der Waals surface area contributed by atoms with Gasteiger partial charge in [0.2, 0.25) is 0 Å². The number of aliphatic carboxylic acids is 1. The second-order valence-corrected chi connectivity index (χ2v) is 8.03. The highest BCUT2D eigenvalue weighted by Crippen LogP contribution is 2.44. The SMILES string of the molecule is COc1cc(C2Oc3cc(O)cc(O)c3CC2OC2O[C@H](C(=O)O)[C@@H](O)[C@H](O)[C@H]2O)ccc1O. The maximum atomic E-state index is 11.4. The molecular formula is C22H24O12. The molecule has 3 unspecified atom stereocenters. The van der Waals surface area contributed by atoms with E-state index in [1.54, 1.807) is 0 Å². The van der Waals surface area contributed by atoms with Crippen LogP contribution in [0.2, 0.25) is 0 Å². The molecule has 4 rings (SSSR count). The highest BCUT2D eigenvalue weighted by Gasteiger charge is 2.49. The Kier molecular flexibility index (Phi) is 6.43. The quantitative estimate of drug-likeness (QED) is 0.297. The number of methoxy groups -OCH3 is 1. The van der Waals surface area contributed by atoms with Gasteiger partial charge in [0, 0.05) is 24.1 Å². The Labute approximate surface area is 192 Å². The molecule has 12 heteroatoms. The lowest BCUT2D eigenvalue weighted by atomic mass is 9.93. The Balaban J connectivity index is 1.71. The maximum Gasteiger partial charge on any atom is 0.335 e. The summed E-state index contributed by atoms with van der Waals surface area (Å²) in [5, 5.41) is 69.8. The molecule has 0 amide bonds. The number of aliphatic hydroxyl groups excluding tert-OH is 3. The minimum atomic E-state index is -1.89. The average molecular weight is 480 g/mol. The number of phenols is 3. The van der Waals surface area contributed by atoms with Crippen LogP contribution < -0.4 is 9.47 Å². The van der Waals surface area contributed by atoms with E-state index in [1.165, 1.54) is 31.4 Å². The van der Waals surface area contributed by atoms with Gasteiger partial charge in [-0.15, -0.1) is 0 Å². The van der Waals surface area contributed by atoms with Gasteiger partial charge in [0.15, 0.2) is 30.0 Å². The van der Waals surface area contributed by atoms with Crippen LogP contribution in [0.5, 0.6) is 28.7 Å². The summed E-state index contributed by atoms with van der Waals surface area (Å²) in [5.74, 6) is -1.95. The lowest BCUT2D eigenvalue weighted by Crippen LogP contribution is -2.61. The van der Waals surface area contributed by atoms with Crippen LogP contribution in [0.25, 0.3) is 0 Å². The third kappa shape index (κ3) is 4.29. The van der Waals surface area contributed by atoms with Crippen LogP contribution >= 0.6 is 0 Å². The van der Waals surface area contributed by atoms with E-state index in [1.807, 2.05) is 0 Å². The Morgan fingerprint density at radius 2 is 1.74 bits per heavy atom. The van der Waals surface area contributed by atoms with Gasteiger partial charge in [-0.05, 0) is 17.7 Å². The van der Waals surface area contributed by atoms with Gasteiger partial charge < -0.3 is 54.7 Å². The van der Waals surface area contributed by atoms with Crippen molar-refractivity contribution in [1.82, 2.24) is 0 Å². The van der Waals surface area contributed by atoms with Gasteiger partial charge in [-0.1, -0.05) is 6.07 Å². The van der Waals surface area contributed by atoms with Gasteiger partial charge >= 0.3 is 5.97 Å². The second kappa shape index (κ2) is 9.16. The number of ether oxygens (including phenoxy) is 4. The molecule has 2 aromatic rings. The standard InChI is InChI=1S/C22H24O12/c1-31-14-4-8(2-3-11(14)24)19-15(7-10-12(25)5-9(23)6-13(10)32-19)33-22-18(28)16(26)17(27)20(34-22)21(29)30/h2-6,15-20,22-28H,7H2,1H3,(H,29,30)/t15?,16-,17-,18+,19?,20-,22?/m0/s1. The van der Waals surface area contributed by atoms with Gasteiger partial charge in [-0.3, -0.25) is 0 Å². The van der Waals surface area contributed by atoms with Crippen LogP contribution in [0, 0.1) is 0 Å². The maximum absolute atomic E-state index is 11.4. The van der Waals surface area contributed by atoms with Crippen LogP contribution in [0.1, 0.15) is 17.2 Å². The van der Waals surface area contributed by atoms with Crippen molar-refractivity contribution in [2.45, 2.75) is 49.3 Å². The lowest BCUT2D eigenvalue weighted by molar-refractivity contribution is -0.310. The molecule has 0 aliphatic carbocycles. The number of carboxylic acids is 1. The molecule has 0 bridgehead atoms. The number of aromatic hydroxyl groups is 3. The van der Waals surface area contributed by atoms with E-state index >= 15 is 0 Å². The first kappa shape index (κ1) is 23.9. The molecule has 2 heterocycles. The van der Waals surface area contributed by atoms with Crippen molar-refractivity contribution >= 4 is 5.97 Å². The van der Waals surface area contributed by atoms with Crippen LogP contribution in [-0.4, -0.2) is 85.6 Å². The Bertz CT molecular complexity index is 1070. The number of fused-ring (bicyclic) bond motifs is 1. The third-order valence-electron chi connectivity index (χ3n) is 5.82. The molecule has 0 radical (unpaired) electrons. The Morgan fingerprint density at radius 1 is 1.00 bits per heavy atom. The first-order valence-corrected chi connectivity index (χ1v) is 10.3. The summed E-state index contributed by atoms with van der Waals surface area (Å²) in [5.41, 5.74) is 0.708. The number of phenolic OH excluding ortho intramolecular Hbond substituents is 3. The van der Waals surface area contributed by atoms with E-state index < -0.39 is 48.9 Å². The van der Waals surface area contributed by atoms with Crippen LogP contribution in [0.15, 0.2) is 30.3 Å². The normalized spacial score (nSPS) is 30.8. The largest absolute Gasteiger partial charge is 0.508 e. The molecular weight excluding hydrogens is 456 g/mol. The van der Waals surface area contributed by atoms with Crippen LogP contribution in [0.4, 0.5) is 0 Å². The van der Waals surface area contributed by atoms with Crippen molar-refractivity contribution in [1.29, 1.82) is 0 Å². The molecule has 0 spiro atoms. The molecule has 184 valence electrons. The molecule has 12 nitrogen and oxygen atoms in total. The molecule has 1 saturated heterocycles. The van der Waals surface area contributed by atoms with Crippen molar-refractivity contribution in [2.75, 3.05) is 7.11 Å². The Hall–Kier alpha value is -3.29. The van der Waals surface area contributed by atoms with Crippen molar-refractivity contribution in [3.05, 3.63) is 41.5 Å². The minimum absolute atomic E-state index is 0.0295. The summed E-state index contributed by atoms with van der Waals surface area (Å²) in [4.78, 5) is 11.4. The molecule has 0 saturated carbocycles. The van der Waals surface area contributed by atoms with E-state index in [0.717, 1.165) is 6.07 Å². The zero-order valence-electron chi connectivity index (χ0n) is 17.8. The highest BCUT2D eigenvalue weighted by molar-refractivity contribution is 5.73. The first-order valence-electron chi connectivity index (χ1n) is 10.3. The monoisotopic (exact) mass is 480 g/mol. The second-order valence-electron chi connectivity index (χ2n) is 8.03. The van der Waals surface area contributed by atoms with E-state index in [-0.39, 0.29) is 40.7 Å². The molecule has 34 heavy (non-hydrogen) atoms. The third-order valence-corrected chi connectivity index (χ3v) is 5.82. The Morgan fingerprint density at radius 3 is 2.41 bits per heavy atom. The number of rotatable bonds is 5. The minimum Gasteiger partial charge on any atom is -0.508 e. The molecule has 7 atom stereocenters. The summed E-state index contributed by atoms with van der Waals surface area (Å²) >= 11 is 0. The molecule has 2 aromatic carbocycles. The summed E-state index contributed by atoms with van der Waals surface area (Å²) < 4.78 is 22.2. The number of benzene rings is 2. The van der Waals surface area contributed by atoms with E-state index in [9.17, 15) is 40.5 Å². The lowest BCUT2D eigenvalue weighted by Gasteiger charge is -2.42. The van der Waals surface area contributed by atoms with Crippen molar-refractivity contribution in [3.63, 3.8) is 0 Å². The smallest absolute Gasteiger partial charge is 0.335 e. The summed E-state index contributed by atoms with van der Waals surface area (Å²) in [6, 6.07) is 6.75. The fourth-order valence-corrected chi connectivity index (χ4v) is 4.06. The molecule has 1 fully saturated rings. The van der Waals surface area contributed by atoms with Crippen molar-refractivity contribution < 1.29 is 59.5 Å². The predicted octanol–water partition coefficient (Wildman–Crippen LogP) is -0.234. The first-order chi connectivity index (χ1) is 16.1. The van der Waals surface area contributed by atoms with E-state index in [2.05, 4.69) is 0 Å². The van der Waals surface area contributed by atoms with Gasteiger partial charge in [0.1, 0.15) is 41.7 Å². The van der Waals surface area contributed by atoms with Gasteiger partial charge in [-0.2, -0.15) is 0 Å². The van der Waals surface area contributed by atoms with Crippen LogP contribution in [0.3, 0.4) is 0 Å². The van der Waals surface area contributed by atoms with Crippen molar-refractivity contribution in [2.24, 2.45) is 0 Å². The fourth-order valence-electron chi connectivity index (χ4n) is 4.06. The zero-order valence-corrected chi connectivity index (χ0v) is 17.8. The van der Waals surface area contributed by atoms with Crippen LogP contribution in [-0.2, 0) is 20.7 Å². The molecule has 2 aliphatic rings. The molecule has 7 N–H and O–H groups in total. The topological polar surface area (TPSA) is 196 Å². The summed E-state index contributed by atoms with van der Waals surface area (Å²) in [6.45, 7) is 0. The van der Waals surface area contributed by atoms with E-state index in [4.69, 9.17) is 18.9 Å². The van der Waals surface area contributed by atoms with Crippen molar-refractivity contribution in [3.8, 4) is 28.7 Å². The van der Waals surface area contributed by atoms with Gasteiger partial charge in [0.25, 0.3) is 0 Å². The number of hydrogen-bond donors (Lipinski definition) is 7. The number of aliphatic hydroxyl groups is 3. The number of hydrogen-bond acceptors (Lipinski definition) is 11. The van der Waals surface area contributed by atoms with E-state index in [0.29, 0.717) is 5.56 Å². The fraction of sp³-hybridized carbons (Fsp3) is 0.409. The predicted molar refractivity (Wildman–Crippen MR) is 111 cm³/mol. The van der Waals surface area contributed by atoms with Gasteiger partial charge in [-0.25, -0.2) is 4.79 Å². The van der Waals surface area contributed by atoms with Gasteiger partial charge in [0.05, 0.1) is 7.11 Å². The summed E-state index contributed by atoms with van der Waals surface area (Å²) in [7, 11) is 1.35. The number of carbonyl (C=O) groups is 1. The summed E-state index contributed by atoms with van der Waals surface area (Å²) in [6.07, 6.45) is -11.1. The molecule has 2 aliphatic heterocycles. The zero-order chi connectivity index (χ0) is 24.7.